The zero-order valence-corrected chi connectivity index (χ0v) is 14.5. The largest absolute Gasteiger partial charge is 0.491 e. The smallest absolute Gasteiger partial charge is 0.400 e. The third-order valence-electron chi connectivity index (χ3n) is 5.00. The van der Waals surface area contributed by atoms with E-state index >= 15 is 0 Å². The Morgan fingerprint density at radius 2 is 1.64 bits per heavy atom. The second-order valence-electron chi connectivity index (χ2n) is 7.01. The number of nitrogen functional groups attached to an aromatic ring is 1. The average Bonchev–Trinajstić information content (AvgIpc) is 2.64. The molecule has 22 heavy (non-hydrogen) atoms. The zero-order valence-electron chi connectivity index (χ0n) is 14.5. The predicted molar refractivity (Wildman–Crippen MR) is 93.4 cm³/mol. The van der Waals surface area contributed by atoms with Gasteiger partial charge in [0.1, 0.15) is 0 Å². The Hall–Kier alpha value is -1.30. The summed E-state index contributed by atoms with van der Waals surface area (Å²) >= 11 is 0. The second-order valence-corrected chi connectivity index (χ2v) is 7.01. The standard InChI is InChI=1S/C17H27BN2O2/c1-11-12(2)15(20)8-7-13(11)9-14(10-19)18-21-16(3,4)17(5,6)22-18/h7-9H,10,19-20H2,1-6H3. The van der Waals surface area contributed by atoms with Gasteiger partial charge in [-0.1, -0.05) is 12.1 Å². The quantitative estimate of drug-likeness (QED) is 0.665. The van der Waals surface area contributed by atoms with E-state index in [0.717, 1.165) is 27.9 Å². The lowest BCUT2D eigenvalue weighted by atomic mass is 9.76. The molecule has 1 fully saturated rings. The van der Waals surface area contributed by atoms with Gasteiger partial charge >= 0.3 is 7.12 Å². The minimum absolute atomic E-state index is 0.363. The number of nitrogens with two attached hydrogens (primary N) is 2. The van der Waals surface area contributed by atoms with Crippen molar-refractivity contribution in [2.45, 2.75) is 52.7 Å². The zero-order chi connectivity index (χ0) is 16.7. The molecular formula is C17H27BN2O2. The van der Waals surface area contributed by atoms with E-state index < -0.39 is 7.12 Å². The molecule has 1 aliphatic rings. The van der Waals surface area contributed by atoms with Gasteiger partial charge in [0.25, 0.3) is 0 Å². The van der Waals surface area contributed by atoms with E-state index in [4.69, 9.17) is 20.8 Å². The first-order valence-electron chi connectivity index (χ1n) is 7.71. The molecule has 4 N–H and O–H groups in total. The van der Waals surface area contributed by atoms with Crippen LogP contribution in [0.3, 0.4) is 0 Å². The van der Waals surface area contributed by atoms with Crippen LogP contribution in [0, 0.1) is 13.8 Å². The maximum absolute atomic E-state index is 6.09. The van der Waals surface area contributed by atoms with E-state index in [1.807, 2.05) is 46.8 Å². The van der Waals surface area contributed by atoms with Crippen LogP contribution < -0.4 is 11.5 Å². The van der Waals surface area contributed by atoms with Crippen molar-refractivity contribution in [1.29, 1.82) is 0 Å². The minimum Gasteiger partial charge on any atom is -0.400 e. The van der Waals surface area contributed by atoms with Gasteiger partial charge in [0, 0.05) is 12.2 Å². The molecule has 1 saturated heterocycles. The summed E-state index contributed by atoms with van der Waals surface area (Å²) in [5.41, 5.74) is 16.3. The summed E-state index contributed by atoms with van der Waals surface area (Å²) in [6.07, 6.45) is 2.06. The highest BCUT2D eigenvalue weighted by Crippen LogP contribution is 2.38. The van der Waals surface area contributed by atoms with Gasteiger partial charge in [0.15, 0.2) is 0 Å². The Morgan fingerprint density at radius 1 is 1.09 bits per heavy atom. The van der Waals surface area contributed by atoms with Crippen molar-refractivity contribution >= 4 is 18.9 Å². The van der Waals surface area contributed by atoms with Gasteiger partial charge in [-0.25, -0.2) is 0 Å². The van der Waals surface area contributed by atoms with E-state index in [2.05, 4.69) is 13.0 Å². The molecule has 1 aromatic carbocycles. The van der Waals surface area contributed by atoms with Crippen molar-refractivity contribution in [3.05, 3.63) is 34.3 Å². The number of benzene rings is 1. The minimum atomic E-state index is -0.410. The third kappa shape index (κ3) is 2.93. The SMILES string of the molecule is Cc1c(N)ccc(C=C(CN)B2OC(C)(C)C(C)(C)O2)c1C. The maximum atomic E-state index is 6.09. The van der Waals surface area contributed by atoms with E-state index in [-0.39, 0.29) is 11.2 Å². The fraction of sp³-hybridized carbons (Fsp3) is 0.529. The van der Waals surface area contributed by atoms with E-state index in [0.29, 0.717) is 6.54 Å². The van der Waals surface area contributed by atoms with E-state index in [9.17, 15) is 0 Å². The first-order chi connectivity index (χ1) is 10.1. The Bertz CT molecular complexity index is 593. The number of hydrogen-bond donors (Lipinski definition) is 2. The third-order valence-corrected chi connectivity index (χ3v) is 5.00. The lowest BCUT2D eigenvalue weighted by Crippen LogP contribution is -2.41. The van der Waals surface area contributed by atoms with Gasteiger partial charge in [-0.3, -0.25) is 0 Å². The molecular weight excluding hydrogens is 275 g/mol. The first kappa shape index (κ1) is 17.1. The maximum Gasteiger partial charge on any atom is 0.491 e. The van der Waals surface area contributed by atoms with Crippen LogP contribution in [0.5, 0.6) is 0 Å². The lowest BCUT2D eigenvalue weighted by molar-refractivity contribution is 0.00578. The molecule has 0 radical (unpaired) electrons. The highest BCUT2D eigenvalue weighted by atomic mass is 16.7. The molecule has 1 aromatic rings. The van der Waals surface area contributed by atoms with Crippen molar-refractivity contribution in [2.24, 2.45) is 5.73 Å². The van der Waals surface area contributed by atoms with Crippen LogP contribution in [0.15, 0.2) is 17.6 Å². The van der Waals surface area contributed by atoms with Crippen LogP contribution in [-0.2, 0) is 9.31 Å². The van der Waals surface area contributed by atoms with Crippen molar-refractivity contribution in [3.63, 3.8) is 0 Å². The first-order valence-corrected chi connectivity index (χ1v) is 7.71. The van der Waals surface area contributed by atoms with Crippen LogP contribution in [0.1, 0.15) is 44.4 Å². The molecule has 0 spiro atoms. The lowest BCUT2D eigenvalue weighted by Gasteiger charge is -2.32. The summed E-state index contributed by atoms with van der Waals surface area (Å²) in [5.74, 6) is 0. The summed E-state index contributed by atoms with van der Waals surface area (Å²) in [5, 5.41) is 0. The summed E-state index contributed by atoms with van der Waals surface area (Å²) in [4.78, 5) is 0. The van der Waals surface area contributed by atoms with Crippen molar-refractivity contribution in [2.75, 3.05) is 12.3 Å². The number of anilines is 1. The average molecular weight is 302 g/mol. The summed E-state index contributed by atoms with van der Waals surface area (Å²) in [6.45, 7) is 12.6. The van der Waals surface area contributed by atoms with Gasteiger partial charge in [0.05, 0.1) is 11.2 Å². The molecule has 0 unspecified atom stereocenters. The van der Waals surface area contributed by atoms with Crippen LogP contribution >= 0.6 is 0 Å². The highest BCUT2D eigenvalue weighted by molar-refractivity contribution is 6.55. The topological polar surface area (TPSA) is 70.5 Å². The molecule has 1 heterocycles. The van der Waals surface area contributed by atoms with Gasteiger partial charge in [-0.15, -0.1) is 0 Å². The molecule has 0 atom stereocenters. The number of rotatable bonds is 3. The van der Waals surface area contributed by atoms with Gasteiger partial charge in [-0.05, 0) is 69.8 Å². The van der Waals surface area contributed by atoms with Crippen molar-refractivity contribution in [1.82, 2.24) is 0 Å². The monoisotopic (exact) mass is 302 g/mol. The fourth-order valence-electron chi connectivity index (χ4n) is 2.44. The predicted octanol–water partition coefficient (Wildman–Crippen LogP) is 2.86. The number of hydrogen-bond acceptors (Lipinski definition) is 4. The molecule has 0 aromatic heterocycles. The molecule has 0 saturated carbocycles. The van der Waals surface area contributed by atoms with Crippen LogP contribution in [0.2, 0.25) is 0 Å². The Labute approximate surface area is 134 Å². The Balaban J connectivity index is 2.36. The fourth-order valence-corrected chi connectivity index (χ4v) is 2.44. The summed E-state index contributed by atoms with van der Waals surface area (Å²) < 4.78 is 12.2. The molecule has 0 aliphatic carbocycles. The van der Waals surface area contributed by atoms with Gasteiger partial charge in [0.2, 0.25) is 0 Å². The molecule has 1 aliphatic heterocycles. The van der Waals surface area contributed by atoms with Gasteiger partial charge in [-0.2, -0.15) is 0 Å². The molecule has 2 rings (SSSR count). The van der Waals surface area contributed by atoms with Crippen LogP contribution in [0.25, 0.3) is 6.08 Å². The van der Waals surface area contributed by atoms with Crippen molar-refractivity contribution < 1.29 is 9.31 Å². The molecule has 5 heteroatoms. The van der Waals surface area contributed by atoms with E-state index in [1.165, 1.54) is 0 Å². The van der Waals surface area contributed by atoms with Crippen LogP contribution in [-0.4, -0.2) is 24.9 Å². The normalized spacial score (nSPS) is 20.5. The molecule has 120 valence electrons. The van der Waals surface area contributed by atoms with Crippen LogP contribution in [0.4, 0.5) is 5.69 Å². The van der Waals surface area contributed by atoms with Crippen molar-refractivity contribution in [3.8, 4) is 0 Å². The molecule has 4 nitrogen and oxygen atoms in total. The highest BCUT2D eigenvalue weighted by Gasteiger charge is 2.52. The Morgan fingerprint density at radius 3 is 2.14 bits per heavy atom. The molecule has 0 amide bonds. The summed E-state index contributed by atoms with van der Waals surface area (Å²) in [7, 11) is -0.410. The van der Waals surface area contributed by atoms with Gasteiger partial charge < -0.3 is 20.8 Å². The second kappa shape index (κ2) is 5.72. The van der Waals surface area contributed by atoms with E-state index in [1.54, 1.807) is 0 Å². The molecule has 0 bridgehead atoms. The summed E-state index contributed by atoms with van der Waals surface area (Å²) in [6, 6.07) is 3.94. The Kier molecular flexibility index (Phi) is 4.44.